The smallest absolute Gasteiger partial charge is 0.145 e. The highest BCUT2D eigenvalue weighted by molar-refractivity contribution is 7.25. The van der Waals surface area contributed by atoms with E-state index >= 15 is 0 Å². The lowest BCUT2D eigenvalue weighted by molar-refractivity contribution is 1.27. The van der Waals surface area contributed by atoms with Gasteiger partial charge >= 0.3 is 0 Å². The van der Waals surface area contributed by atoms with Gasteiger partial charge in [-0.3, -0.25) is 4.57 Å². The van der Waals surface area contributed by atoms with Crippen LogP contribution >= 0.6 is 22.7 Å². The molecule has 0 saturated heterocycles. The number of thiophene rings is 2. The molecule has 0 fully saturated rings. The Bertz CT molecular complexity index is 3380. The largest absolute Gasteiger partial charge is 0.389 e. The zero-order valence-electron chi connectivity index (χ0n) is 30.2. The molecule has 264 valence electrons. The first kappa shape index (κ1) is 32.6. The number of anilines is 1. The summed E-state index contributed by atoms with van der Waals surface area (Å²) in [5.74, 6) is 0.742. The Hall–Kier alpha value is -6.79. The minimum Gasteiger partial charge on any atom is -0.389 e. The molecule has 3 aromatic heterocycles. The van der Waals surface area contributed by atoms with Gasteiger partial charge in [-0.25, -0.2) is 4.99 Å². The molecule has 0 aliphatic heterocycles. The predicted molar refractivity (Wildman–Crippen MR) is 245 cm³/mol. The molecule has 3 nitrogen and oxygen atoms in total. The second kappa shape index (κ2) is 12.9. The standard InChI is InChI=1S/C51H33N3S2/c1-31(34-24-25-39-38-21-11-13-23-46(38)55-47(39)28-34)51(54-44-22-12-10-20-37(44)42-26-35-18-8-9-19-36(35)27-45(42)54)53-49-43-29-40(32-14-4-2-5-15-32)41(30-48(43)56-50(49)52)33-16-6-3-7-17-33/h2-30H,1,52H2. The van der Waals surface area contributed by atoms with Gasteiger partial charge in [0.2, 0.25) is 0 Å². The Balaban J connectivity index is 1.21. The van der Waals surface area contributed by atoms with Crippen molar-refractivity contribution in [2.24, 2.45) is 4.99 Å². The van der Waals surface area contributed by atoms with E-state index in [1.165, 1.54) is 36.3 Å². The minimum absolute atomic E-state index is 0.667. The molecular formula is C51H33N3S2. The zero-order valence-corrected chi connectivity index (χ0v) is 31.9. The molecule has 0 unspecified atom stereocenters. The fourth-order valence-corrected chi connectivity index (χ4v) is 10.3. The normalized spacial score (nSPS) is 12.2. The van der Waals surface area contributed by atoms with E-state index in [1.54, 1.807) is 11.3 Å². The second-order valence-electron chi connectivity index (χ2n) is 14.2. The van der Waals surface area contributed by atoms with Gasteiger partial charge in [-0.2, -0.15) is 0 Å². The third-order valence-electron chi connectivity index (χ3n) is 11.0. The summed E-state index contributed by atoms with van der Waals surface area (Å²) < 4.78 is 5.88. The van der Waals surface area contributed by atoms with E-state index in [9.17, 15) is 0 Å². The molecule has 0 radical (unpaired) electrons. The number of aromatic nitrogens is 1. The van der Waals surface area contributed by atoms with Gasteiger partial charge in [0.15, 0.2) is 0 Å². The zero-order chi connectivity index (χ0) is 37.3. The van der Waals surface area contributed by atoms with Crippen LogP contribution in [0.5, 0.6) is 0 Å². The first-order chi connectivity index (χ1) is 27.6. The maximum atomic E-state index is 7.06. The molecule has 0 aliphatic carbocycles. The van der Waals surface area contributed by atoms with Crippen molar-refractivity contribution >= 4 is 108 Å². The lowest BCUT2D eigenvalue weighted by Gasteiger charge is -2.16. The van der Waals surface area contributed by atoms with Gasteiger partial charge < -0.3 is 5.73 Å². The Labute approximate surface area is 331 Å². The monoisotopic (exact) mass is 751 g/mol. The SMILES string of the molecule is C=C(C(=Nc1c(N)sc2cc(-c3ccccc3)c(-c3ccccc3)cc12)n1c2ccccc2c2cc3ccccc3cc21)c1ccc2c(c1)sc1ccccc12. The summed E-state index contributed by atoms with van der Waals surface area (Å²) in [6.45, 7) is 4.84. The van der Waals surface area contributed by atoms with Crippen LogP contribution in [0.2, 0.25) is 0 Å². The molecule has 3 heterocycles. The lowest BCUT2D eigenvalue weighted by atomic mass is 9.93. The number of aliphatic imine (C=N–C) groups is 1. The molecule has 11 rings (SSSR count). The van der Waals surface area contributed by atoms with Gasteiger partial charge in [-0.15, -0.1) is 22.7 Å². The quantitative estimate of drug-likeness (QED) is 0.138. The van der Waals surface area contributed by atoms with Crippen molar-refractivity contribution in [3.63, 3.8) is 0 Å². The van der Waals surface area contributed by atoms with Crippen molar-refractivity contribution in [1.29, 1.82) is 0 Å². The molecule has 0 atom stereocenters. The van der Waals surface area contributed by atoms with Crippen LogP contribution in [0.4, 0.5) is 10.7 Å². The van der Waals surface area contributed by atoms with E-state index < -0.39 is 0 Å². The molecule has 0 saturated carbocycles. The van der Waals surface area contributed by atoms with Crippen molar-refractivity contribution in [3.05, 3.63) is 188 Å². The third-order valence-corrected chi connectivity index (χ3v) is 13.1. The molecule has 2 N–H and O–H groups in total. The van der Waals surface area contributed by atoms with Crippen LogP contribution in [0, 0.1) is 0 Å². The molecule has 11 aromatic rings. The number of benzene rings is 8. The van der Waals surface area contributed by atoms with Crippen molar-refractivity contribution in [2.45, 2.75) is 0 Å². The van der Waals surface area contributed by atoms with E-state index in [2.05, 4.69) is 180 Å². The maximum Gasteiger partial charge on any atom is 0.145 e. The van der Waals surface area contributed by atoms with Crippen LogP contribution in [-0.2, 0) is 0 Å². The van der Waals surface area contributed by atoms with Crippen molar-refractivity contribution in [2.75, 3.05) is 5.73 Å². The summed E-state index contributed by atoms with van der Waals surface area (Å²) in [7, 11) is 0. The fourth-order valence-electron chi connectivity index (χ4n) is 8.26. The number of para-hydroxylation sites is 1. The van der Waals surface area contributed by atoms with Gasteiger partial charge in [-0.05, 0) is 81.1 Å². The van der Waals surface area contributed by atoms with Crippen LogP contribution in [0.3, 0.4) is 0 Å². The minimum atomic E-state index is 0.667. The molecule has 56 heavy (non-hydrogen) atoms. The van der Waals surface area contributed by atoms with E-state index in [0.717, 1.165) is 71.4 Å². The maximum absolute atomic E-state index is 7.06. The summed E-state index contributed by atoms with van der Waals surface area (Å²) in [5.41, 5.74) is 16.4. The number of nitrogens with two attached hydrogens (primary N) is 1. The average Bonchev–Trinajstić information content (AvgIpc) is 3.89. The summed E-state index contributed by atoms with van der Waals surface area (Å²) in [6.07, 6.45) is 0. The van der Waals surface area contributed by atoms with Gasteiger partial charge in [0.1, 0.15) is 16.5 Å². The average molecular weight is 752 g/mol. The Kier molecular flexibility index (Phi) is 7.52. The topological polar surface area (TPSA) is 43.3 Å². The molecule has 0 amide bonds. The van der Waals surface area contributed by atoms with Gasteiger partial charge in [0, 0.05) is 46.6 Å². The fraction of sp³-hybridized carbons (Fsp3) is 0. The summed E-state index contributed by atoms with van der Waals surface area (Å²) in [5, 5.41) is 8.91. The van der Waals surface area contributed by atoms with E-state index in [0.29, 0.717) is 5.00 Å². The molecule has 5 heteroatoms. The van der Waals surface area contributed by atoms with E-state index in [-0.39, 0.29) is 0 Å². The Morgan fingerprint density at radius 3 is 1.86 bits per heavy atom. The number of fused-ring (bicyclic) bond motifs is 8. The lowest BCUT2D eigenvalue weighted by Crippen LogP contribution is -2.13. The summed E-state index contributed by atoms with van der Waals surface area (Å²) in [4.78, 5) is 5.67. The van der Waals surface area contributed by atoms with Crippen molar-refractivity contribution in [3.8, 4) is 22.3 Å². The first-order valence-electron chi connectivity index (χ1n) is 18.7. The van der Waals surface area contributed by atoms with Crippen LogP contribution in [0.25, 0.3) is 90.7 Å². The van der Waals surface area contributed by atoms with Gasteiger partial charge in [0.25, 0.3) is 0 Å². The number of nitrogens with zero attached hydrogens (tertiary/aromatic N) is 2. The molecule has 8 aromatic carbocycles. The Morgan fingerprint density at radius 1 is 0.482 bits per heavy atom. The molecule has 0 spiro atoms. The van der Waals surface area contributed by atoms with Crippen molar-refractivity contribution in [1.82, 2.24) is 4.57 Å². The van der Waals surface area contributed by atoms with Crippen LogP contribution < -0.4 is 5.73 Å². The van der Waals surface area contributed by atoms with Crippen LogP contribution in [0.15, 0.2) is 187 Å². The van der Waals surface area contributed by atoms with Crippen LogP contribution in [0.1, 0.15) is 5.56 Å². The van der Waals surface area contributed by atoms with Crippen molar-refractivity contribution < 1.29 is 0 Å². The van der Waals surface area contributed by atoms with Gasteiger partial charge in [-0.1, -0.05) is 140 Å². The van der Waals surface area contributed by atoms with Crippen LogP contribution in [-0.4, -0.2) is 10.4 Å². The van der Waals surface area contributed by atoms with E-state index in [4.69, 9.17) is 17.3 Å². The first-order valence-corrected chi connectivity index (χ1v) is 20.3. The number of hydrogen-bond acceptors (Lipinski definition) is 4. The number of nitrogen functional groups attached to an aromatic ring is 1. The summed E-state index contributed by atoms with van der Waals surface area (Å²) >= 11 is 3.40. The highest BCUT2D eigenvalue weighted by atomic mass is 32.1. The number of rotatable bonds is 5. The second-order valence-corrected chi connectivity index (χ2v) is 16.4. The van der Waals surface area contributed by atoms with Gasteiger partial charge in [0.05, 0.1) is 11.0 Å². The number of hydrogen-bond donors (Lipinski definition) is 1. The van der Waals surface area contributed by atoms with E-state index in [1.807, 2.05) is 11.3 Å². The highest BCUT2D eigenvalue weighted by Crippen LogP contribution is 2.47. The molecular weight excluding hydrogens is 719 g/mol. The third kappa shape index (κ3) is 5.20. The highest BCUT2D eigenvalue weighted by Gasteiger charge is 2.22. The molecule has 0 bridgehead atoms. The molecule has 0 aliphatic rings. The Morgan fingerprint density at radius 2 is 1.09 bits per heavy atom. The predicted octanol–water partition coefficient (Wildman–Crippen LogP) is 14.7. The summed E-state index contributed by atoms with van der Waals surface area (Å²) in [6, 6.07) is 62.8. The number of allylic oxidation sites excluding steroid dienone is 1.